The minimum Gasteiger partial charge on any atom is -0.463 e. The van der Waals surface area contributed by atoms with Crippen molar-refractivity contribution in [3.05, 3.63) is 56.5 Å². The first kappa shape index (κ1) is 22.7. The van der Waals surface area contributed by atoms with Gasteiger partial charge in [-0.3, -0.25) is 18.7 Å². The molecule has 3 aromatic rings. The van der Waals surface area contributed by atoms with E-state index in [0.717, 1.165) is 4.57 Å². The highest BCUT2D eigenvalue weighted by Gasteiger charge is 2.23. The summed E-state index contributed by atoms with van der Waals surface area (Å²) in [6.45, 7) is 1.31. The summed E-state index contributed by atoms with van der Waals surface area (Å²) in [6.07, 6.45) is 1.37. The highest BCUT2D eigenvalue weighted by Crippen LogP contribution is 2.14. The van der Waals surface area contributed by atoms with E-state index in [2.05, 4.69) is 9.71 Å². The van der Waals surface area contributed by atoms with Gasteiger partial charge in [0.05, 0.1) is 17.8 Å². The molecule has 13 heteroatoms. The van der Waals surface area contributed by atoms with Crippen molar-refractivity contribution in [1.82, 2.24) is 23.4 Å². The Balaban J connectivity index is 1.66. The third-order valence-corrected chi connectivity index (χ3v) is 6.41. The number of sulfonamides is 1. The van der Waals surface area contributed by atoms with Crippen LogP contribution in [0.1, 0.15) is 6.92 Å². The zero-order valence-corrected chi connectivity index (χ0v) is 18.5. The molecule has 166 valence electrons. The third-order valence-electron chi connectivity index (χ3n) is 4.60. The molecule has 31 heavy (non-hydrogen) atoms. The number of aromatic nitrogens is 4. The van der Waals surface area contributed by atoms with Crippen LogP contribution in [0.25, 0.3) is 11.2 Å². The van der Waals surface area contributed by atoms with Crippen LogP contribution in [-0.4, -0.2) is 45.7 Å². The number of nitrogens with zero attached hydrogens (tertiary/aromatic N) is 4. The minimum absolute atomic E-state index is 0.0390. The molecule has 1 aromatic carbocycles. The van der Waals surface area contributed by atoms with Crippen LogP contribution >= 0.6 is 11.6 Å². The smallest absolute Gasteiger partial charge is 0.332 e. The van der Waals surface area contributed by atoms with Gasteiger partial charge in [-0.2, -0.15) is 4.72 Å². The van der Waals surface area contributed by atoms with Crippen LogP contribution in [0.5, 0.6) is 0 Å². The molecule has 1 atom stereocenters. The van der Waals surface area contributed by atoms with Gasteiger partial charge < -0.3 is 9.30 Å². The number of esters is 1. The first-order chi connectivity index (χ1) is 14.5. The van der Waals surface area contributed by atoms with Gasteiger partial charge in [0.15, 0.2) is 11.2 Å². The Hall–Kier alpha value is -2.96. The number of fused-ring (bicyclic) bond motifs is 1. The van der Waals surface area contributed by atoms with Crippen molar-refractivity contribution >= 4 is 38.8 Å². The van der Waals surface area contributed by atoms with Gasteiger partial charge in [0, 0.05) is 19.1 Å². The lowest BCUT2D eigenvalue weighted by atomic mass is 10.4. The van der Waals surface area contributed by atoms with Crippen molar-refractivity contribution < 1.29 is 17.9 Å². The van der Waals surface area contributed by atoms with Gasteiger partial charge in [-0.15, -0.1) is 0 Å². The fraction of sp³-hybridized carbons (Fsp3) is 0.333. The molecule has 1 N–H and O–H groups in total. The van der Waals surface area contributed by atoms with Gasteiger partial charge in [-0.1, -0.05) is 11.6 Å². The zero-order valence-electron chi connectivity index (χ0n) is 16.9. The van der Waals surface area contributed by atoms with E-state index in [0.29, 0.717) is 5.02 Å². The van der Waals surface area contributed by atoms with Crippen LogP contribution in [0.3, 0.4) is 0 Å². The molecule has 0 aliphatic carbocycles. The monoisotopic (exact) mass is 469 g/mol. The Morgan fingerprint density at radius 1 is 1.19 bits per heavy atom. The fourth-order valence-corrected chi connectivity index (χ4v) is 4.22. The van der Waals surface area contributed by atoms with Gasteiger partial charge in [0.1, 0.15) is 12.6 Å². The number of aryl methyl sites for hydroxylation is 1. The molecule has 0 aliphatic heterocycles. The third kappa shape index (κ3) is 4.55. The number of nitrogens with one attached hydrogen (secondary N) is 1. The summed E-state index contributed by atoms with van der Waals surface area (Å²) in [7, 11) is -1.09. The number of carbonyl (C=O) groups is 1. The predicted octanol–water partition coefficient (Wildman–Crippen LogP) is -0.00270. The predicted molar refractivity (Wildman–Crippen MR) is 112 cm³/mol. The van der Waals surface area contributed by atoms with Crippen molar-refractivity contribution in [3.63, 3.8) is 0 Å². The average molecular weight is 470 g/mol. The highest BCUT2D eigenvalue weighted by atomic mass is 35.5. The number of halogens is 1. The Labute approximate surface area is 181 Å². The molecule has 0 saturated heterocycles. The maximum absolute atomic E-state index is 12.4. The first-order valence-electron chi connectivity index (χ1n) is 9.08. The summed E-state index contributed by atoms with van der Waals surface area (Å²) in [5.41, 5.74) is -0.623. The van der Waals surface area contributed by atoms with Crippen molar-refractivity contribution in [2.45, 2.75) is 24.4 Å². The topological polar surface area (TPSA) is 134 Å². The quantitative estimate of drug-likeness (QED) is 0.481. The van der Waals surface area contributed by atoms with Crippen LogP contribution in [0.4, 0.5) is 0 Å². The summed E-state index contributed by atoms with van der Waals surface area (Å²) >= 11 is 5.76. The molecule has 0 bridgehead atoms. The summed E-state index contributed by atoms with van der Waals surface area (Å²) in [5, 5.41) is 0.383. The van der Waals surface area contributed by atoms with Gasteiger partial charge in [-0.25, -0.2) is 18.2 Å². The lowest BCUT2D eigenvalue weighted by Crippen LogP contribution is -2.40. The Morgan fingerprint density at radius 2 is 1.84 bits per heavy atom. The van der Waals surface area contributed by atoms with Crippen LogP contribution in [0.15, 0.2) is 45.1 Å². The molecule has 3 rings (SSSR count). The summed E-state index contributed by atoms with van der Waals surface area (Å²) in [6, 6.07) is 4.35. The van der Waals surface area contributed by atoms with Crippen LogP contribution in [-0.2, 0) is 40.2 Å². The molecule has 11 nitrogen and oxygen atoms in total. The molecular formula is C18H20ClN5O6S. The highest BCUT2D eigenvalue weighted by molar-refractivity contribution is 7.89. The van der Waals surface area contributed by atoms with Crippen molar-refractivity contribution in [3.8, 4) is 0 Å². The molecule has 0 amide bonds. The van der Waals surface area contributed by atoms with Crippen LogP contribution in [0, 0.1) is 0 Å². The SMILES string of the molecule is C[C@H](NS(=O)(=O)c1ccc(Cl)cc1)C(=O)OCCn1cnc2c1c(=O)n(C)c(=O)n2C. The lowest BCUT2D eigenvalue weighted by molar-refractivity contribution is -0.145. The Kier molecular flexibility index (Phi) is 6.34. The second-order valence-electron chi connectivity index (χ2n) is 6.78. The van der Waals surface area contributed by atoms with Crippen molar-refractivity contribution in [2.24, 2.45) is 14.1 Å². The second kappa shape index (κ2) is 8.65. The molecule has 0 saturated carbocycles. The number of rotatable bonds is 7. The van der Waals surface area contributed by atoms with E-state index < -0.39 is 33.3 Å². The van der Waals surface area contributed by atoms with Gasteiger partial charge in [0.25, 0.3) is 5.56 Å². The number of hydrogen-bond donors (Lipinski definition) is 1. The van der Waals surface area contributed by atoms with E-state index in [-0.39, 0.29) is 29.2 Å². The maximum atomic E-state index is 12.4. The van der Waals surface area contributed by atoms with Crippen LogP contribution < -0.4 is 16.0 Å². The van der Waals surface area contributed by atoms with Gasteiger partial charge >= 0.3 is 11.7 Å². The summed E-state index contributed by atoms with van der Waals surface area (Å²) in [5.74, 6) is -0.790. The van der Waals surface area contributed by atoms with Gasteiger partial charge in [0.2, 0.25) is 10.0 Å². The average Bonchev–Trinajstić information content (AvgIpc) is 3.14. The molecule has 0 fully saturated rings. The molecule has 0 radical (unpaired) electrons. The maximum Gasteiger partial charge on any atom is 0.332 e. The molecule has 0 unspecified atom stereocenters. The van der Waals surface area contributed by atoms with E-state index in [1.54, 1.807) is 0 Å². The molecule has 2 aromatic heterocycles. The second-order valence-corrected chi connectivity index (χ2v) is 8.93. The largest absolute Gasteiger partial charge is 0.463 e. The fourth-order valence-electron chi connectivity index (χ4n) is 2.90. The van der Waals surface area contributed by atoms with Gasteiger partial charge in [-0.05, 0) is 31.2 Å². The normalized spacial score (nSPS) is 12.8. The van der Waals surface area contributed by atoms with Crippen LogP contribution in [0.2, 0.25) is 5.02 Å². The number of imidazole rings is 1. The van der Waals surface area contributed by atoms with E-state index in [1.165, 1.54) is 60.7 Å². The molecule has 2 heterocycles. The Morgan fingerprint density at radius 3 is 2.48 bits per heavy atom. The van der Waals surface area contributed by atoms with E-state index >= 15 is 0 Å². The number of ether oxygens (including phenoxy) is 1. The summed E-state index contributed by atoms with van der Waals surface area (Å²) in [4.78, 5) is 40.6. The van der Waals surface area contributed by atoms with Crippen molar-refractivity contribution in [1.29, 1.82) is 0 Å². The summed E-state index contributed by atoms with van der Waals surface area (Å²) < 4.78 is 35.8. The number of hydrogen-bond acceptors (Lipinski definition) is 7. The number of benzene rings is 1. The van der Waals surface area contributed by atoms with E-state index in [4.69, 9.17) is 16.3 Å². The zero-order chi connectivity index (χ0) is 22.9. The van der Waals surface area contributed by atoms with Crippen molar-refractivity contribution in [2.75, 3.05) is 6.61 Å². The first-order valence-corrected chi connectivity index (χ1v) is 10.9. The van der Waals surface area contributed by atoms with E-state index in [9.17, 15) is 22.8 Å². The standard InChI is InChI=1S/C18H20ClN5O6S/c1-11(21-31(28,29)13-6-4-12(19)5-7-13)17(26)30-9-8-24-10-20-15-14(24)16(25)23(3)18(27)22(15)2/h4-7,10-11,21H,8-9H2,1-3H3/t11-/m0/s1. The van der Waals surface area contributed by atoms with E-state index in [1.807, 2.05) is 0 Å². The molecule has 0 aliphatic rings. The minimum atomic E-state index is -3.94. The lowest BCUT2D eigenvalue weighted by Gasteiger charge is -2.14. The Bertz CT molecular complexity index is 1360. The number of carbonyl (C=O) groups excluding carboxylic acids is 1. The molecule has 0 spiro atoms. The molecular weight excluding hydrogens is 450 g/mol.